The molecular formula is C21H41NO3. The third kappa shape index (κ3) is 14.0. The molecule has 0 aliphatic rings. The predicted octanol–water partition coefficient (Wildman–Crippen LogP) is 4.62. The van der Waals surface area contributed by atoms with Crippen LogP contribution in [0.15, 0.2) is 12.2 Å². The summed E-state index contributed by atoms with van der Waals surface area (Å²) in [6.45, 7) is 1.59. The molecule has 0 fully saturated rings. The van der Waals surface area contributed by atoms with Crippen molar-refractivity contribution in [2.24, 2.45) is 5.73 Å². The van der Waals surface area contributed by atoms with Crippen LogP contribution in [0.5, 0.6) is 0 Å². The Morgan fingerprint density at radius 2 is 1.24 bits per heavy atom. The van der Waals surface area contributed by atoms with Crippen molar-refractivity contribution in [2.45, 2.75) is 109 Å². The number of nitrogens with two attached hydrogens (primary N) is 1. The van der Waals surface area contributed by atoms with Gasteiger partial charge in [-0.1, -0.05) is 96.5 Å². The maximum atomic E-state index is 11.0. The van der Waals surface area contributed by atoms with Crippen molar-refractivity contribution >= 4 is 5.91 Å². The van der Waals surface area contributed by atoms with Crippen molar-refractivity contribution in [1.29, 1.82) is 0 Å². The Morgan fingerprint density at radius 3 is 1.60 bits per heavy atom. The van der Waals surface area contributed by atoms with Gasteiger partial charge in [-0.2, -0.15) is 0 Å². The van der Waals surface area contributed by atoms with Crippen LogP contribution < -0.4 is 5.73 Å². The number of primary amides is 1. The van der Waals surface area contributed by atoms with E-state index in [4.69, 9.17) is 10.8 Å². The Hall–Kier alpha value is -0.870. The molecule has 0 saturated carbocycles. The first-order valence-electron chi connectivity index (χ1n) is 10.4. The maximum Gasteiger partial charge on any atom is 0.255 e. The molecule has 25 heavy (non-hydrogen) atoms. The third-order valence-electron chi connectivity index (χ3n) is 4.79. The molecule has 4 heteroatoms. The highest BCUT2D eigenvalue weighted by Crippen LogP contribution is 2.14. The molecule has 148 valence electrons. The number of hydrogen-bond acceptors (Lipinski definition) is 3. The first kappa shape index (κ1) is 24.1. The number of aliphatic hydroxyl groups excluding tert-OH is 1. The standard InChI is InChI=1S/C21H41NO3/c1-2-3-4-5-6-7-8-9-10-11-12-13-14-15-16-17-18-21(25,19-23)20(22)24/h17-18,23,25H,2-16,19H2,1H3,(H2,22,24). The van der Waals surface area contributed by atoms with Crippen molar-refractivity contribution < 1.29 is 15.0 Å². The summed E-state index contributed by atoms with van der Waals surface area (Å²) >= 11 is 0. The second-order valence-corrected chi connectivity index (χ2v) is 7.23. The van der Waals surface area contributed by atoms with Gasteiger partial charge in [-0.05, 0) is 18.9 Å². The Balaban J connectivity index is 3.33. The minimum atomic E-state index is -1.91. The zero-order valence-electron chi connectivity index (χ0n) is 16.3. The first-order valence-corrected chi connectivity index (χ1v) is 10.4. The van der Waals surface area contributed by atoms with Crippen LogP contribution in [0, 0.1) is 0 Å². The average molecular weight is 356 g/mol. The van der Waals surface area contributed by atoms with Gasteiger partial charge in [-0.3, -0.25) is 4.79 Å². The largest absolute Gasteiger partial charge is 0.392 e. The average Bonchev–Trinajstić information content (AvgIpc) is 2.61. The summed E-state index contributed by atoms with van der Waals surface area (Å²) in [5.74, 6) is -0.910. The fourth-order valence-corrected chi connectivity index (χ4v) is 2.95. The summed E-state index contributed by atoms with van der Waals surface area (Å²) in [6.07, 6.45) is 22.4. The van der Waals surface area contributed by atoms with Gasteiger partial charge >= 0.3 is 0 Å². The molecule has 0 aliphatic carbocycles. The van der Waals surface area contributed by atoms with Crippen molar-refractivity contribution in [2.75, 3.05) is 6.61 Å². The number of unbranched alkanes of at least 4 members (excludes halogenated alkanes) is 14. The van der Waals surface area contributed by atoms with Gasteiger partial charge in [0.1, 0.15) is 0 Å². The zero-order chi connectivity index (χ0) is 18.8. The number of carbonyl (C=O) groups excluding carboxylic acids is 1. The smallest absolute Gasteiger partial charge is 0.255 e. The van der Waals surface area contributed by atoms with Crippen LogP contribution in [0.25, 0.3) is 0 Å². The van der Waals surface area contributed by atoms with Crippen molar-refractivity contribution in [3.63, 3.8) is 0 Å². The topological polar surface area (TPSA) is 83.6 Å². The van der Waals surface area contributed by atoms with E-state index in [0.29, 0.717) is 0 Å². The van der Waals surface area contributed by atoms with Crippen LogP contribution in [-0.4, -0.2) is 28.3 Å². The molecule has 1 atom stereocenters. The number of rotatable bonds is 18. The van der Waals surface area contributed by atoms with E-state index < -0.39 is 18.1 Å². The predicted molar refractivity (Wildman–Crippen MR) is 105 cm³/mol. The van der Waals surface area contributed by atoms with Crippen molar-refractivity contribution in [3.8, 4) is 0 Å². The zero-order valence-corrected chi connectivity index (χ0v) is 16.3. The highest BCUT2D eigenvalue weighted by molar-refractivity contribution is 5.85. The normalized spacial score (nSPS) is 14.0. The van der Waals surface area contributed by atoms with E-state index in [1.807, 2.05) is 0 Å². The summed E-state index contributed by atoms with van der Waals surface area (Å²) in [5, 5.41) is 18.7. The van der Waals surface area contributed by atoms with Crippen LogP contribution in [0.4, 0.5) is 0 Å². The third-order valence-corrected chi connectivity index (χ3v) is 4.79. The Morgan fingerprint density at radius 1 is 0.840 bits per heavy atom. The quantitative estimate of drug-likeness (QED) is 0.248. The van der Waals surface area contributed by atoms with E-state index in [-0.39, 0.29) is 0 Å². The van der Waals surface area contributed by atoms with Gasteiger partial charge in [0, 0.05) is 0 Å². The Labute approximate surface area is 154 Å². The van der Waals surface area contributed by atoms with Crippen LogP contribution in [-0.2, 0) is 4.79 Å². The van der Waals surface area contributed by atoms with E-state index in [1.54, 1.807) is 6.08 Å². The minimum absolute atomic E-state index is 0.669. The molecule has 0 aromatic rings. The lowest BCUT2D eigenvalue weighted by molar-refractivity contribution is -0.134. The lowest BCUT2D eigenvalue weighted by atomic mass is 10.0. The van der Waals surface area contributed by atoms with Gasteiger partial charge in [0.25, 0.3) is 5.91 Å². The molecular weight excluding hydrogens is 314 g/mol. The fourth-order valence-electron chi connectivity index (χ4n) is 2.95. The molecule has 0 aliphatic heterocycles. The van der Waals surface area contributed by atoms with E-state index >= 15 is 0 Å². The summed E-state index contributed by atoms with van der Waals surface area (Å²) in [4.78, 5) is 11.0. The summed E-state index contributed by atoms with van der Waals surface area (Å²) in [5.41, 5.74) is 3.14. The van der Waals surface area contributed by atoms with Crippen LogP contribution in [0.2, 0.25) is 0 Å². The van der Waals surface area contributed by atoms with Crippen LogP contribution >= 0.6 is 0 Å². The number of hydrogen-bond donors (Lipinski definition) is 3. The molecule has 0 saturated heterocycles. The summed E-state index contributed by atoms with van der Waals surface area (Å²) in [7, 11) is 0. The van der Waals surface area contributed by atoms with E-state index in [2.05, 4.69) is 6.92 Å². The number of aliphatic hydroxyl groups is 2. The second kappa shape index (κ2) is 16.6. The molecule has 0 heterocycles. The van der Waals surface area contributed by atoms with Gasteiger partial charge in [-0.25, -0.2) is 0 Å². The summed E-state index contributed by atoms with van der Waals surface area (Å²) in [6, 6.07) is 0. The molecule has 1 unspecified atom stereocenters. The molecule has 0 spiro atoms. The molecule has 1 amide bonds. The van der Waals surface area contributed by atoms with E-state index in [0.717, 1.165) is 19.3 Å². The molecule has 4 N–H and O–H groups in total. The number of amides is 1. The maximum absolute atomic E-state index is 11.0. The highest BCUT2D eigenvalue weighted by Gasteiger charge is 2.29. The monoisotopic (exact) mass is 355 g/mol. The van der Waals surface area contributed by atoms with Gasteiger partial charge < -0.3 is 15.9 Å². The molecule has 0 aromatic heterocycles. The molecule has 0 radical (unpaired) electrons. The van der Waals surface area contributed by atoms with Gasteiger partial charge in [0.2, 0.25) is 0 Å². The Kier molecular flexibility index (Phi) is 16.0. The van der Waals surface area contributed by atoms with Crippen LogP contribution in [0.3, 0.4) is 0 Å². The fraction of sp³-hybridized carbons (Fsp3) is 0.857. The van der Waals surface area contributed by atoms with E-state index in [9.17, 15) is 9.90 Å². The number of carbonyl (C=O) groups is 1. The lowest BCUT2D eigenvalue weighted by Crippen LogP contribution is -2.45. The van der Waals surface area contributed by atoms with Gasteiger partial charge in [0.05, 0.1) is 6.61 Å². The second-order valence-electron chi connectivity index (χ2n) is 7.23. The molecule has 0 rings (SSSR count). The lowest BCUT2D eigenvalue weighted by Gasteiger charge is -2.16. The van der Waals surface area contributed by atoms with E-state index in [1.165, 1.54) is 83.1 Å². The molecule has 0 aromatic carbocycles. The van der Waals surface area contributed by atoms with Crippen molar-refractivity contribution in [3.05, 3.63) is 12.2 Å². The van der Waals surface area contributed by atoms with Gasteiger partial charge in [-0.15, -0.1) is 0 Å². The minimum Gasteiger partial charge on any atom is -0.392 e. The highest BCUT2D eigenvalue weighted by atomic mass is 16.3. The first-order chi connectivity index (χ1) is 12.1. The SMILES string of the molecule is CCCCCCCCCCCCCCCCC=CC(O)(CO)C(N)=O. The molecule has 0 bridgehead atoms. The summed E-state index contributed by atoms with van der Waals surface area (Å²) < 4.78 is 0. The van der Waals surface area contributed by atoms with Crippen LogP contribution in [0.1, 0.15) is 103 Å². The molecule has 4 nitrogen and oxygen atoms in total. The van der Waals surface area contributed by atoms with Gasteiger partial charge in [0.15, 0.2) is 5.60 Å². The Bertz CT molecular complexity index is 344. The van der Waals surface area contributed by atoms with Crippen molar-refractivity contribution in [1.82, 2.24) is 0 Å². The number of allylic oxidation sites excluding steroid dienone is 1.